The number of nitrogens with zero attached hydrogens (tertiary/aromatic N) is 4. The molecule has 3 aromatic rings. The van der Waals surface area contributed by atoms with Crippen molar-refractivity contribution in [3.63, 3.8) is 0 Å². The largest absolute Gasteiger partial charge is 0.488 e. The Morgan fingerprint density at radius 1 is 0.971 bits per heavy atom. The Labute approximate surface area is 196 Å². The van der Waals surface area contributed by atoms with Gasteiger partial charge in [0.1, 0.15) is 17.8 Å². The van der Waals surface area contributed by atoms with Crippen LogP contribution in [0.3, 0.4) is 0 Å². The molecule has 4 rings (SSSR count). The molecule has 3 heterocycles. The van der Waals surface area contributed by atoms with E-state index in [1.807, 2.05) is 0 Å². The summed E-state index contributed by atoms with van der Waals surface area (Å²) in [5, 5.41) is 0. The van der Waals surface area contributed by atoms with Crippen molar-refractivity contribution in [3.8, 4) is 11.4 Å². The first-order chi connectivity index (χ1) is 15.9. The lowest BCUT2D eigenvalue weighted by molar-refractivity contribution is 0.0534. The van der Waals surface area contributed by atoms with E-state index in [9.17, 15) is 14.4 Å². The smallest absolute Gasteiger partial charge is 0.423 e. The van der Waals surface area contributed by atoms with Crippen molar-refractivity contribution >= 4 is 29.0 Å². The molecule has 0 aliphatic carbocycles. The Kier molecular flexibility index (Phi) is 5.63. The molecule has 34 heavy (non-hydrogen) atoms. The SMILES string of the molecule is CC(C)(C)OC(=O)N1CCOc2cc(-n3c(=O)n(C(=O)OC(C)(C)C)c4ccccc43)cnc21. The Morgan fingerprint density at radius 3 is 2.24 bits per heavy atom. The number of carbonyl (C=O) groups excluding carboxylic acids is 2. The van der Waals surface area contributed by atoms with E-state index in [1.165, 1.54) is 15.7 Å². The van der Waals surface area contributed by atoms with E-state index in [2.05, 4.69) is 4.98 Å². The summed E-state index contributed by atoms with van der Waals surface area (Å²) in [6.07, 6.45) is 0.153. The van der Waals surface area contributed by atoms with Crippen molar-refractivity contribution < 1.29 is 23.8 Å². The van der Waals surface area contributed by atoms with Gasteiger partial charge in [0.2, 0.25) is 0 Å². The molecule has 180 valence electrons. The predicted molar refractivity (Wildman–Crippen MR) is 126 cm³/mol. The summed E-state index contributed by atoms with van der Waals surface area (Å²) in [6, 6.07) is 8.52. The van der Waals surface area contributed by atoms with Crippen LogP contribution in [0.15, 0.2) is 41.3 Å². The number of amides is 1. The third-order valence-electron chi connectivity index (χ3n) is 4.84. The van der Waals surface area contributed by atoms with Crippen molar-refractivity contribution in [2.24, 2.45) is 0 Å². The second-order valence-corrected chi connectivity index (χ2v) is 9.92. The molecule has 1 amide bonds. The highest BCUT2D eigenvalue weighted by Crippen LogP contribution is 2.32. The lowest BCUT2D eigenvalue weighted by Gasteiger charge is -2.30. The molecule has 0 atom stereocenters. The van der Waals surface area contributed by atoms with Gasteiger partial charge in [0, 0.05) is 6.07 Å². The fraction of sp³-hybridized carbons (Fsp3) is 0.417. The zero-order chi connectivity index (χ0) is 24.8. The Balaban J connectivity index is 1.80. The first-order valence-electron chi connectivity index (χ1n) is 11.0. The second-order valence-electron chi connectivity index (χ2n) is 9.92. The highest BCUT2D eigenvalue weighted by Gasteiger charge is 2.31. The first-order valence-corrected chi connectivity index (χ1v) is 11.0. The third-order valence-corrected chi connectivity index (χ3v) is 4.84. The summed E-state index contributed by atoms with van der Waals surface area (Å²) in [5.41, 5.74) is -0.751. The molecule has 1 aromatic carbocycles. The molecule has 1 aliphatic heterocycles. The number of aromatic nitrogens is 3. The number of hydrogen-bond acceptors (Lipinski definition) is 7. The highest BCUT2D eigenvalue weighted by molar-refractivity contribution is 5.90. The Morgan fingerprint density at radius 2 is 1.59 bits per heavy atom. The summed E-state index contributed by atoms with van der Waals surface area (Å²) in [7, 11) is 0. The van der Waals surface area contributed by atoms with Crippen molar-refractivity contribution in [1.29, 1.82) is 0 Å². The standard InChI is InChI=1S/C24H28N4O6/c1-23(2,3)33-21(30)26-11-12-32-18-13-15(14-25-19(18)26)27-16-9-7-8-10-17(16)28(20(27)29)22(31)34-24(4,5)6/h7-10,13-14H,11-12H2,1-6H3. The normalized spacial score (nSPS) is 13.9. The quantitative estimate of drug-likeness (QED) is 0.529. The number of rotatable bonds is 1. The van der Waals surface area contributed by atoms with Gasteiger partial charge in [-0.15, -0.1) is 0 Å². The first kappa shape index (κ1) is 23.3. The predicted octanol–water partition coefficient (Wildman–Crippen LogP) is 4.10. The number of para-hydroxylation sites is 2. The van der Waals surface area contributed by atoms with Crippen molar-refractivity contribution in [1.82, 2.24) is 14.1 Å². The molecule has 10 nitrogen and oxygen atoms in total. The third kappa shape index (κ3) is 4.48. The zero-order valence-electron chi connectivity index (χ0n) is 20.1. The Bertz CT molecular complexity index is 1330. The van der Waals surface area contributed by atoms with Gasteiger partial charge in [-0.3, -0.25) is 9.47 Å². The number of hydrogen-bond donors (Lipinski definition) is 0. The van der Waals surface area contributed by atoms with Crippen LogP contribution < -0.4 is 15.3 Å². The van der Waals surface area contributed by atoms with E-state index in [0.717, 1.165) is 4.57 Å². The molecule has 0 unspecified atom stereocenters. The van der Waals surface area contributed by atoms with E-state index in [1.54, 1.807) is 71.9 Å². The molecule has 0 N–H and O–H groups in total. The molecule has 0 saturated carbocycles. The Hall–Kier alpha value is -3.82. The number of pyridine rings is 1. The van der Waals surface area contributed by atoms with Gasteiger partial charge in [-0.1, -0.05) is 12.1 Å². The minimum absolute atomic E-state index is 0.242. The summed E-state index contributed by atoms with van der Waals surface area (Å²) in [6.45, 7) is 11.1. The molecule has 0 fully saturated rings. The maximum Gasteiger partial charge on any atom is 0.423 e. The average molecular weight is 469 g/mol. The maximum absolute atomic E-state index is 13.4. The topological polar surface area (TPSA) is 105 Å². The van der Waals surface area contributed by atoms with Gasteiger partial charge in [0.05, 0.1) is 29.5 Å². The number of carbonyl (C=O) groups is 2. The van der Waals surface area contributed by atoms with Crippen LogP contribution >= 0.6 is 0 Å². The average Bonchev–Trinajstić information content (AvgIpc) is 3.02. The van der Waals surface area contributed by atoms with Gasteiger partial charge in [-0.2, -0.15) is 4.57 Å². The van der Waals surface area contributed by atoms with Crippen LogP contribution in [0.2, 0.25) is 0 Å². The number of anilines is 1. The van der Waals surface area contributed by atoms with Gasteiger partial charge in [0.15, 0.2) is 11.6 Å². The van der Waals surface area contributed by atoms with Crippen LogP contribution in [0.1, 0.15) is 41.5 Å². The van der Waals surface area contributed by atoms with Crippen LogP contribution in [0.25, 0.3) is 16.7 Å². The van der Waals surface area contributed by atoms with Gasteiger partial charge >= 0.3 is 17.9 Å². The van der Waals surface area contributed by atoms with Gasteiger partial charge in [0.25, 0.3) is 0 Å². The van der Waals surface area contributed by atoms with Gasteiger partial charge < -0.3 is 14.2 Å². The molecule has 2 aromatic heterocycles. The molecule has 0 saturated heterocycles. The molecule has 0 bridgehead atoms. The van der Waals surface area contributed by atoms with E-state index < -0.39 is 29.1 Å². The minimum Gasteiger partial charge on any atom is -0.488 e. The molecule has 1 aliphatic rings. The number of fused-ring (bicyclic) bond motifs is 2. The number of benzene rings is 1. The van der Waals surface area contributed by atoms with Gasteiger partial charge in [-0.25, -0.2) is 19.4 Å². The number of imidazole rings is 1. The summed E-state index contributed by atoms with van der Waals surface area (Å²) >= 11 is 0. The van der Waals surface area contributed by atoms with E-state index in [4.69, 9.17) is 14.2 Å². The lowest BCUT2D eigenvalue weighted by Crippen LogP contribution is -2.42. The van der Waals surface area contributed by atoms with Crippen LogP contribution in [0.4, 0.5) is 15.4 Å². The lowest BCUT2D eigenvalue weighted by atomic mass is 10.2. The van der Waals surface area contributed by atoms with Crippen molar-refractivity contribution in [2.45, 2.75) is 52.7 Å². The monoisotopic (exact) mass is 468 g/mol. The molecule has 0 spiro atoms. The second kappa shape index (κ2) is 8.19. The van der Waals surface area contributed by atoms with Crippen molar-refractivity contribution in [2.75, 3.05) is 18.1 Å². The van der Waals surface area contributed by atoms with Gasteiger partial charge in [-0.05, 0) is 53.7 Å². The summed E-state index contributed by atoms with van der Waals surface area (Å²) in [4.78, 5) is 44.7. The molecule has 0 radical (unpaired) electrons. The van der Waals surface area contributed by atoms with E-state index in [0.29, 0.717) is 28.3 Å². The summed E-state index contributed by atoms with van der Waals surface area (Å²) < 4.78 is 19.0. The maximum atomic E-state index is 13.4. The molecular formula is C24H28N4O6. The van der Waals surface area contributed by atoms with Crippen molar-refractivity contribution in [3.05, 3.63) is 47.0 Å². The van der Waals surface area contributed by atoms with Crippen LogP contribution in [0, 0.1) is 0 Å². The van der Waals surface area contributed by atoms with Crippen LogP contribution in [-0.2, 0) is 9.47 Å². The molecular weight excluding hydrogens is 440 g/mol. The highest BCUT2D eigenvalue weighted by atomic mass is 16.6. The number of ether oxygens (including phenoxy) is 3. The fourth-order valence-corrected chi connectivity index (χ4v) is 3.59. The van der Waals surface area contributed by atoms with Crippen LogP contribution in [0.5, 0.6) is 5.75 Å². The fourth-order valence-electron chi connectivity index (χ4n) is 3.59. The van der Waals surface area contributed by atoms with Crippen LogP contribution in [-0.4, -0.2) is 50.7 Å². The van der Waals surface area contributed by atoms with E-state index in [-0.39, 0.29) is 13.2 Å². The minimum atomic E-state index is -0.772. The van der Waals surface area contributed by atoms with E-state index >= 15 is 0 Å². The summed E-state index contributed by atoms with van der Waals surface area (Å²) in [5.74, 6) is 0.629. The molecule has 10 heteroatoms. The zero-order valence-corrected chi connectivity index (χ0v) is 20.1.